The summed E-state index contributed by atoms with van der Waals surface area (Å²) in [5.41, 5.74) is 0.637. The van der Waals surface area contributed by atoms with Crippen LogP contribution in [0.3, 0.4) is 0 Å². The third-order valence-corrected chi connectivity index (χ3v) is 5.28. The number of rotatable bonds is 4. The van der Waals surface area contributed by atoms with Gasteiger partial charge in [0.2, 0.25) is 0 Å². The van der Waals surface area contributed by atoms with Crippen LogP contribution in [0.1, 0.15) is 9.67 Å². The molecule has 1 amide bonds. The lowest BCUT2D eigenvalue weighted by atomic mass is 10.4. The summed E-state index contributed by atoms with van der Waals surface area (Å²) in [4.78, 5) is 12.6. The third kappa shape index (κ3) is 3.19. The molecule has 0 saturated carbocycles. The number of methoxy groups -OCH3 is 1. The van der Waals surface area contributed by atoms with Gasteiger partial charge in [0.1, 0.15) is 6.73 Å². The number of carbonyl (C=O) groups excluding carboxylic acids is 1. The molecule has 0 atom stereocenters. The largest absolute Gasteiger partial charge is 0.362 e. The molecule has 0 unspecified atom stereocenters. The number of halogens is 2. The number of ether oxygens (including phenoxy) is 1. The summed E-state index contributed by atoms with van der Waals surface area (Å²) >= 11 is 8.06. The molecule has 0 aliphatic rings. The summed E-state index contributed by atoms with van der Waals surface area (Å²) < 4.78 is 8.28. The van der Waals surface area contributed by atoms with Gasteiger partial charge in [0.25, 0.3) is 5.91 Å². The van der Waals surface area contributed by atoms with Crippen molar-refractivity contribution in [2.75, 3.05) is 12.4 Å². The Hall–Kier alpha value is -0.700. The SMILES string of the molecule is COCn1cc(NC(=O)c2cc(Br)c(Br)s2)cn1. The maximum Gasteiger partial charge on any atom is 0.265 e. The molecule has 0 aliphatic carbocycles. The van der Waals surface area contributed by atoms with E-state index >= 15 is 0 Å². The van der Waals surface area contributed by atoms with Gasteiger partial charge in [-0.2, -0.15) is 5.10 Å². The van der Waals surface area contributed by atoms with E-state index in [9.17, 15) is 4.79 Å². The molecule has 1 N–H and O–H groups in total. The van der Waals surface area contributed by atoms with Crippen molar-refractivity contribution in [3.8, 4) is 0 Å². The number of amides is 1. The van der Waals surface area contributed by atoms with Gasteiger partial charge in [-0.15, -0.1) is 11.3 Å². The van der Waals surface area contributed by atoms with Crippen molar-refractivity contribution in [2.24, 2.45) is 0 Å². The van der Waals surface area contributed by atoms with Crippen molar-refractivity contribution >= 4 is 54.8 Å². The summed E-state index contributed by atoms with van der Waals surface area (Å²) in [6.45, 7) is 0.353. The topological polar surface area (TPSA) is 56.1 Å². The van der Waals surface area contributed by atoms with Gasteiger partial charge in [-0.3, -0.25) is 4.79 Å². The first-order valence-electron chi connectivity index (χ1n) is 4.87. The molecule has 18 heavy (non-hydrogen) atoms. The number of hydrogen-bond acceptors (Lipinski definition) is 4. The predicted octanol–water partition coefficient (Wildman–Crippen LogP) is 3.33. The minimum absolute atomic E-state index is 0.164. The first-order valence-corrected chi connectivity index (χ1v) is 7.28. The van der Waals surface area contributed by atoms with E-state index in [-0.39, 0.29) is 5.91 Å². The van der Waals surface area contributed by atoms with Gasteiger partial charge in [-0.1, -0.05) is 0 Å². The van der Waals surface area contributed by atoms with Crippen LogP contribution in [0, 0.1) is 0 Å². The van der Waals surface area contributed by atoms with Crippen LogP contribution in [0.5, 0.6) is 0 Å². The highest BCUT2D eigenvalue weighted by Gasteiger charge is 2.12. The zero-order chi connectivity index (χ0) is 13.1. The number of carbonyl (C=O) groups is 1. The van der Waals surface area contributed by atoms with E-state index in [1.165, 1.54) is 11.3 Å². The first kappa shape index (κ1) is 13.7. The van der Waals surface area contributed by atoms with Crippen LogP contribution in [-0.4, -0.2) is 22.8 Å². The second-order valence-corrected chi connectivity index (χ2v) is 6.60. The predicted molar refractivity (Wildman–Crippen MR) is 76.9 cm³/mol. The molecule has 0 fully saturated rings. The fourth-order valence-corrected chi connectivity index (χ4v) is 3.21. The molecule has 8 heteroatoms. The van der Waals surface area contributed by atoms with Crippen LogP contribution in [0.2, 0.25) is 0 Å². The van der Waals surface area contributed by atoms with Crippen molar-refractivity contribution in [1.82, 2.24) is 9.78 Å². The lowest BCUT2D eigenvalue weighted by molar-refractivity contribution is 0.103. The van der Waals surface area contributed by atoms with Gasteiger partial charge < -0.3 is 10.1 Å². The molecule has 96 valence electrons. The van der Waals surface area contributed by atoms with Gasteiger partial charge in [-0.05, 0) is 37.9 Å². The average molecular weight is 395 g/mol. The number of aromatic nitrogens is 2. The van der Waals surface area contributed by atoms with Crippen LogP contribution in [0.15, 0.2) is 26.7 Å². The monoisotopic (exact) mass is 393 g/mol. The van der Waals surface area contributed by atoms with Crippen LogP contribution < -0.4 is 5.32 Å². The van der Waals surface area contributed by atoms with Crippen LogP contribution >= 0.6 is 43.2 Å². The fourth-order valence-electron chi connectivity index (χ4n) is 1.28. The van der Waals surface area contributed by atoms with E-state index in [0.717, 1.165) is 8.26 Å². The second-order valence-electron chi connectivity index (χ2n) is 3.37. The summed E-state index contributed by atoms with van der Waals surface area (Å²) in [5, 5.41) is 6.81. The Morgan fingerprint density at radius 2 is 2.39 bits per heavy atom. The number of nitrogens with one attached hydrogen (secondary N) is 1. The molecule has 2 aromatic heterocycles. The van der Waals surface area contributed by atoms with Crippen molar-refractivity contribution in [3.05, 3.63) is 31.6 Å². The zero-order valence-electron chi connectivity index (χ0n) is 9.31. The molecule has 0 bridgehead atoms. The Bertz CT molecular complexity index is 548. The molecule has 5 nitrogen and oxygen atoms in total. The first-order chi connectivity index (χ1) is 8.60. The van der Waals surface area contributed by atoms with Gasteiger partial charge in [0, 0.05) is 11.6 Å². The molecular weight excluding hydrogens is 386 g/mol. The molecular formula is C10H9Br2N3O2S. The van der Waals surface area contributed by atoms with Crippen molar-refractivity contribution in [2.45, 2.75) is 6.73 Å². The lowest BCUT2D eigenvalue weighted by Gasteiger charge is -1.99. The minimum atomic E-state index is -0.164. The van der Waals surface area contributed by atoms with E-state index in [0.29, 0.717) is 17.3 Å². The Morgan fingerprint density at radius 3 is 3.00 bits per heavy atom. The van der Waals surface area contributed by atoms with Crippen LogP contribution in [0.4, 0.5) is 5.69 Å². The van der Waals surface area contributed by atoms with Crippen molar-refractivity contribution < 1.29 is 9.53 Å². The quantitative estimate of drug-likeness (QED) is 0.865. The molecule has 2 rings (SSSR count). The zero-order valence-corrected chi connectivity index (χ0v) is 13.3. The minimum Gasteiger partial charge on any atom is -0.362 e. The maximum atomic E-state index is 11.9. The summed E-state index contributed by atoms with van der Waals surface area (Å²) in [6, 6.07) is 1.77. The molecule has 2 heterocycles. The number of hydrogen-bond donors (Lipinski definition) is 1. The Labute approximate surface area is 124 Å². The van der Waals surface area contributed by atoms with Gasteiger partial charge in [0.15, 0.2) is 0 Å². The number of thiophene rings is 1. The third-order valence-electron chi connectivity index (χ3n) is 2.02. The van der Waals surface area contributed by atoms with E-state index in [4.69, 9.17) is 4.74 Å². The molecule has 2 aromatic rings. The van der Waals surface area contributed by atoms with E-state index < -0.39 is 0 Å². The van der Waals surface area contributed by atoms with E-state index in [2.05, 4.69) is 42.3 Å². The molecule has 0 aromatic carbocycles. The van der Waals surface area contributed by atoms with Crippen LogP contribution in [-0.2, 0) is 11.5 Å². The van der Waals surface area contributed by atoms with Gasteiger partial charge in [0.05, 0.1) is 26.7 Å². The average Bonchev–Trinajstić information content (AvgIpc) is 2.88. The standard InChI is InChI=1S/C10H9Br2N3O2S/c1-17-5-15-4-6(3-13-15)14-10(16)8-2-7(11)9(12)18-8/h2-4H,5H2,1H3,(H,14,16). The van der Waals surface area contributed by atoms with Gasteiger partial charge >= 0.3 is 0 Å². The highest BCUT2D eigenvalue weighted by molar-refractivity contribution is 9.13. The van der Waals surface area contributed by atoms with Gasteiger partial charge in [-0.25, -0.2) is 4.68 Å². The molecule has 0 aliphatic heterocycles. The highest BCUT2D eigenvalue weighted by Crippen LogP contribution is 2.32. The van der Waals surface area contributed by atoms with Crippen molar-refractivity contribution in [1.29, 1.82) is 0 Å². The molecule has 0 radical (unpaired) electrons. The maximum absolute atomic E-state index is 11.9. The number of nitrogens with zero attached hydrogens (tertiary/aromatic N) is 2. The second kappa shape index (κ2) is 5.96. The fraction of sp³-hybridized carbons (Fsp3) is 0.200. The summed E-state index contributed by atoms with van der Waals surface area (Å²) in [6.07, 6.45) is 3.29. The lowest BCUT2D eigenvalue weighted by Crippen LogP contribution is -2.09. The van der Waals surface area contributed by atoms with Crippen molar-refractivity contribution in [3.63, 3.8) is 0 Å². The van der Waals surface area contributed by atoms with E-state index in [1.54, 1.807) is 30.3 Å². The summed E-state index contributed by atoms with van der Waals surface area (Å²) in [7, 11) is 1.58. The Balaban J connectivity index is 2.06. The van der Waals surface area contributed by atoms with Crippen LogP contribution in [0.25, 0.3) is 0 Å². The highest BCUT2D eigenvalue weighted by atomic mass is 79.9. The number of anilines is 1. The smallest absolute Gasteiger partial charge is 0.265 e. The molecule has 0 spiro atoms. The Kier molecular flexibility index (Phi) is 4.55. The summed E-state index contributed by atoms with van der Waals surface area (Å²) in [5.74, 6) is -0.164. The van der Waals surface area contributed by atoms with E-state index in [1.807, 2.05) is 0 Å². The Morgan fingerprint density at radius 1 is 1.61 bits per heavy atom. The normalized spacial score (nSPS) is 10.6. The molecule has 0 saturated heterocycles.